The van der Waals surface area contributed by atoms with Crippen molar-refractivity contribution in [3.8, 4) is 0 Å². The summed E-state index contributed by atoms with van der Waals surface area (Å²) < 4.78 is 37.1. The standard InChI is InChI=1S/C15H26F3N3O.ClH/c1-14(2)5-3-6-19-12(14)13(22)20-8-11-4-7-21(9-11)10-15(16,17)18;/h11-12,19H,3-10H2,1-2H3,(H,20,22);1H. The van der Waals surface area contributed by atoms with Crippen molar-refractivity contribution in [1.29, 1.82) is 0 Å². The van der Waals surface area contributed by atoms with E-state index in [1.165, 1.54) is 4.90 Å². The second-order valence-electron chi connectivity index (χ2n) is 7.23. The molecule has 2 N–H and O–H groups in total. The monoisotopic (exact) mass is 357 g/mol. The van der Waals surface area contributed by atoms with Crippen molar-refractivity contribution in [1.82, 2.24) is 15.5 Å². The fourth-order valence-corrected chi connectivity index (χ4v) is 3.48. The molecule has 23 heavy (non-hydrogen) atoms. The quantitative estimate of drug-likeness (QED) is 0.810. The van der Waals surface area contributed by atoms with Crippen LogP contribution in [0.5, 0.6) is 0 Å². The zero-order chi connectivity index (χ0) is 16.4. The van der Waals surface area contributed by atoms with Gasteiger partial charge in [0.05, 0.1) is 12.6 Å². The van der Waals surface area contributed by atoms with Crippen LogP contribution < -0.4 is 10.6 Å². The zero-order valence-corrected chi connectivity index (χ0v) is 14.5. The Labute approximate surface area is 142 Å². The van der Waals surface area contributed by atoms with Crippen LogP contribution in [0.15, 0.2) is 0 Å². The SMILES string of the molecule is CC1(C)CCCNC1C(=O)NCC1CCN(CC(F)(F)F)C1.Cl. The van der Waals surface area contributed by atoms with Crippen LogP contribution in [0.2, 0.25) is 0 Å². The number of halogens is 4. The first-order valence-electron chi connectivity index (χ1n) is 7.97. The van der Waals surface area contributed by atoms with Crippen LogP contribution in [0.4, 0.5) is 13.2 Å². The second-order valence-corrected chi connectivity index (χ2v) is 7.23. The largest absolute Gasteiger partial charge is 0.401 e. The van der Waals surface area contributed by atoms with Crippen molar-refractivity contribution in [2.24, 2.45) is 11.3 Å². The molecule has 2 atom stereocenters. The molecule has 136 valence electrons. The Bertz CT molecular complexity index is 404. The van der Waals surface area contributed by atoms with Gasteiger partial charge in [-0.3, -0.25) is 9.69 Å². The second kappa shape index (κ2) is 8.03. The van der Waals surface area contributed by atoms with Gasteiger partial charge in [0.15, 0.2) is 0 Å². The zero-order valence-electron chi connectivity index (χ0n) is 13.7. The van der Waals surface area contributed by atoms with Crippen molar-refractivity contribution >= 4 is 18.3 Å². The molecule has 0 bridgehead atoms. The van der Waals surface area contributed by atoms with Gasteiger partial charge in [-0.25, -0.2) is 0 Å². The minimum absolute atomic E-state index is 0. The predicted octanol–water partition coefficient (Wildman–Crippen LogP) is 2.19. The lowest BCUT2D eigenvalue weighted by molar-refractivity contribution is -0.143. The van der Waals surface area contributed by atoms with Crippen LogP contribution in [0.3, 0.4) is 0 Å². The lowest BCUT2D eigenvalue weighted by Crippen LogP contribution is -2.56. The van der Waals surface area contributed by atoms with Crippen molar-refractivity contribution in [3.63, 3.8) is 0 Å². The van der Waals surface area contributed by atoms with E-state index in [4.69, 9.17) is 0 Å². The Kier molecular flexibility index (Phi) is 7.16. The molecule has 0 spiro atoms. The normalized spacial score (nSPS) is 28.2. The van der Waals surface area contributed by atoms with E-state index >= 15 is 0 Å². The van der Waals surface area contributed by atoms with Gasteiger partial charge in [0.2, 0.25) is 5.91 Å². The minimum atomic E-state index is -4.14. The molecule has 8 heteroatoms. The minimum Gasteiger partial charge on any atom is -0.354 e. The smallest absolute Gasteiger partial charge is 0.354 e. The molecule has 0 saturated carbocycles. The van der Waals surface area contributed by atoms with Gasteiger partial charge in [-0.05, 0) is 43.7 Å². The van der Waals surface area contributed by atoms with E-state index in [0.717, 1.165) is 19.4 Å². The molecule has 0 aromatic rings. The number of nitrogens with one attached hydrogen (secondary N) is 2. The van der Waals surface area contributed by atoms with E-state index in [1.807, 2.05) is 0 Å². The van der Waals surface area contributed by atoms with Gasteiger partial charge in [0, 0.05) is 13.1 Å². The predicted molar refractivity (Wildman–Crippen MR) is 85.7 cm³/mol. The number of amides is 1. The highest BCUT2D eigenvalue weighted by atomic mass is 35.5. The van der Waals surface area contributed by atoms with Crippen molar-refractivity contribution in [2.75, 3.05) is 32.7 Å². The third-order valence-electron chi connectivity index (χ3n) is 4.73. The molecule has 0 radical (unpaired) electrons. The van der Waals surface area contributed by atoms with Gasteiger partial charge in [-0.2, -0.15) is 13.2 Å². The molecular weight excluding hydrogens is 331 g/mol. The Morgan fingerprint density at radius 3 is 2.70 bits per heavy atom. The van der Waals surface area contributed by atoms with Gasteiger partial charge in [0.1, 0.15) is 0 Å². The van der Waals surface area contributed by atoms with Crippen LogP contribution in [-0.2, 0) is 4.79 Å². The highest BCUT2D eigenvalue weighted by Crippen LogP contribution is 2.30. The summed E-state index contributed by atoms with van der Waals surface area (Å²) >= 11 is 0. The summed E-state index contributed by atoms with van der Waals surface area (Å²) in [5.41, 5.74) is -0.0830. The number of rotatable bonds is 4. The molecule has 2 aliphatic rings. The van der Waals surface area contributed by atoms with Crippen LogP contribution in [0.25, 0.3) is 0 Å². The number of nitrogens with zero attached hydrogens (tertiary/aromatic N) is 1. The molecule has 2 rings (SSSR count). The van der Waals surface area contributed by atoms with Gasteiger partial charge in [0.25, 0.3) is 0 Å². The highest BCUT2D eigenvalue weighted by Gasteiger charge is 2.38. The fraction of sp³-hybridized carbons (Fsp3) is 0.933. The van der Waals surface area contributed by atoms with E-state index in [1.54, 1.807) is 0 Å². The summed E-state index contributed by atoms with van der Waals surface area (Å²) in [5, 5.41) is 6.18. The molecule has 2 fully saturated rings. The van der Waals surface area contributed by atoms with Crippen LogP contribution in [0, 0.1) is 11.3 Å². The molecule has 0 aromatic carbocycles. The maximum atomic E-state index is 12.4. The van der Waals surface area contributed by atoms with Gasteiger partial charge in [-0.15, -0.1) is 12.4 Å². The van der Waals surface area contributed by atoms with E-state index in [-0.39, 0.29) is 35.7 Å². The van der Waals surface area contributed by atoms with Crippen LogP contribution in [-0.4, -0.2) is 55.7 Å². The lowest BCUT2D eigenvalue weighted by Gasteiger charge is -2.38. The summed E-state index contributed by atoms with van der Waals surface area (Å²) in [6, 6.07) is -0.214. The summed E-state index contributed by atoms with van der Waals surface area (Å²) in [5.74, 6) is 0.0805. The molecule has 2 unspecified atom stereocenters. The topological polar surface area (TPSA) is 44.4 Å². The van der Waals surface area contributed by atoms with E-state index in [9.17, 15) is 18.0 Å². The Balaban J connectivity index is 0.00000264. The highest BCUT2D eigenvalue weighted by molar-refractivity contribution is 5.85. The van der Waals surface area contributed by atoms with Crippen molar-refractivity contribution in [2.45, 2.75) is 45.3 Å². The van der Waals surface area contributed by atoms with Crippen molar-refractivity contribution < 1.29 is 18.0 Å². The molecule has 0 aliphatic carbocycles. The Morgan fingerprint density at radius 2 is 2.09 bits per heavy atom. The van der Waals surface area contributed by atoms with E-state index in [0.29, 0.717) is 26.1 Å². The molecule has 2 saturated heterocycles. The van der Waals surface area contributed by atoms with Crippen LogP contribution >= 0.6 is 12.4 Å². The lowest BCUT2D eigenvalue weighted by atomic mass is 9.77. The van der Waals surface area contributed by atoms with Crippen LogP contribution in [0.1, 0.15) is 33.1 Å². The number of alkyl halides is 3. The number of hydrogen-bond donors (Lipinski definition) is 2. The third kappa shape index (κ3) is 6.12. The number of carbonyl (C=O) groups excluding carboxylic acids is 1. The first kappa shape index (κ1) is 20.5. The average molecular weight is 358 g/mol. The average Bonchev–Trinajstić information content (AvgIpc) is 2.80. The fourth-order valence-electron chi connectivity index (χ4n) is 3.48. The summed E-state index contributed by atoms with van der Waals surface area (Å²) in [6.45, 7) is 5.45. The number of likely N-dealkylation sites (tertiary alicyclic amines) is 1. The van der Waals surface area contributed by atoms with Gasteiger partial charge in [-0.1, -0.05) is 13.8 Å². The first-order valence-corrected chi connectivity index (χ1v) is 7.97. The third-order valence-corrected chi connectivity index (χ3v) is 4.73. The Hall–Kier alpha value is -0.530. The summed E-state index contributed by atoms with van der Waals surface area (Å²) in [7, 11) is 0. The molecule has 2 aliphatic heterocycles. The number of carbonyl (C=O) groups is 1. The number of piperidine rings is 1. The molecule has 0 aromatic heterocycles. The summed E-state index contributed by atoms with van der Waals surface area (Å²) in [4.78, 5) is 13.7. The molecule has 1 amide bonds. The maximum absolute atomic E-state index is 12.4. The molecule has 2 heterocycles. The first-order chi connectivity index (χ1) is 10.2. The molecular formula is C15H27ClF3N3O. The maximum Gasteiger partial charge on any atom is 0.401 e. The van der Waals surface area contributed by atoms with Gasteiger partial charge < -0.3 is 10.6 Å². The molecule has 4 nitrogen and oxygen atoms in total. The van der Waals surface area contributed by atoms with Gasteiger partial charge >= 0.3 is 6.18 Å². The van der Waals surface area contributed by atoms with E-state index < -0.39 is 12.7 Å². The Morgan fingerprint density at radius 1 is 1.39 bits per heavy atom. The van der Waals surface area contributed by atoms with E-state index in [2.05, 4.69) is 24.5 Å². The van der Waals surface area contributed by atoms with Crippen molar-refractivity contribution in [3.05, 3.63) is 0 Å². The summed E-state index contributed by atoms with van der Waals surface area (Å²) in [6.07, 6.45) is -1.38. The number of hydrogen-bond acceptors (Lipinski definition) is 3.